The standard InChI is InChI=1S/C8H14N4O2S2/c1-5-3-6(5)4-12(2)16(13,14)8-11-10-7(9)15-8/h5-6H,3-4H2,1-2H3,(H2,9,10). The van der Waals surface area contributed by atoms with Crippen molar-refractivity contribution in [2.24, 2.45) is 11.8 Å². The van der Waals surface area contributed by atoms with Gasteiger partial charge in [0.05, 0.1) is 0 Å². The van der Waals surface area contributed by atoms with Crippen LogP contribution in [-0.2, 0) is 10.0 Å². The van der Waals surface area contributed by atoms with Crippen LogP contribution in [0.15, 0.2) is 4.34 Å². The van der Waals surface area contributed by atoms with Gasteiger partial charge in [-0.1, -0.05) is 18.3 Å². The van der Waals surface area contributed by atoms with Crippen LogP contribution in [-0.4, -0.2) is 36.5 Å². The number of anilines is 1. The van der Waals surface area contributed by atoms with Crippen LogP contribution in [0.1, 0.15) is 13.3 Å². The van der Waals surface area contributed by atoms with Crippen molar-refractivity contribution in [1.29, 1.82) is 0 Å². The van der Waals surface area contributed by atoms with E-state index in [9.17, 15) is 8.42 Å². The molecule has 1 aliphatic rings. The molecule has 0 saturated heterocycles. The van der Waals surface area contributed by atoms with E-state index in [1.54, 1.807) is 7.05 Å². The maximum Gasteiger partial charge on any atom is 0.272 e. The molecule has 1 fully saturated rings. The van der Waals surface area contributed by atoms with E-state index >= 15 is 0 Å². The number of aromatic nitrogens is 2. The Morgan fingerprint density at radius 2 is 2.19 bits per heavy atom. The Hall–Kier alpha value is -0.730. The van der Waals surface area contributed by atoms with Gasteiger partial charge in [0.25, 0.3) is 10.0 Å². The minimum Gasteiger partial charge on any atom is -0.374 e. The summed E-state index contributed by atoms with van der Waals surface area (Å²) in [5.41, 5.74) is 5.37. The number of hydrogen-bond donors (Lipinski definition) is 1. The maximum absolute atomic E-state index is 12.0. The van der Waals surface area contributed by atoms with Gasteiger partial charge in [0.15, 0.2) is 0 Å². The fourth-order valence-corrected chi connectivity index (χ4v) is 3.74. The summed E-state index contributed by atoms with van der Waals surface area (Å²) in [7, 11) is -1.93. The van der Waals surface area contributed by atoms with Crippen molar-refractivity contribution < 1.29 is 8.42 Å². The van der Waals surface area contributed by atoms with Gasteiger partial charge >= 0.3 is 0 Å². The van der Waals surface area contributed by atoms with Gasteiger partial charge in [0, 0.05) is 13.6 Å². The van der Waals surface area contributed by atoms with Crippen molar-refractivity contribution in [3.8, 4) is 0 Å². The van der Waals surface area contributed by atoms with Crippen molar-refractivity contribution in [2.45, 2.75) is 17.7 Å². The lowest BCUT2D eigenvalue weighted by molar-refractivity contribution is 0.444. The van der Waals surface area contributed by atoms with Crippen molar-refractivity contribution in [1.82, 2.24) is 14.5 Å². The molecule has 16 heavy (non-hydrogen) atoms. The van der Waals surface area contributed by atoms with E-state index in [2.05, 4.69) is 17.1 Å². The predicted molar refractivity (Wildman–Crippen MR) is 61.4 cm³/mol. The maximum atomic E-state index is 12.0. The fraction of sp³-hybridized carbons (Fsp3) is 0.750. The molecule has 0 aromatic carbocycles. The van der Waals surface area contributed by atoms with E-state index in [-0.39, 0.29) is 9.47 Å². The molecule has 6 nitrogen and oxygen atoms in total. The average molecular weight is 262 g/mol. The molecule has 90 valence electrons. The summed E-state index contributed by atoms with van der Waals surface area (Å²) in [5.74, 6) is 1.10. The van der Waals surface area contributed by atoms with Crippen LogP contribution >= 0.6 is 11.3 Å². The molecule has 0 radical (unpaired) electrons. The minimum atomic E-state index is -3.50. The van der Waals surface area contributed by atoms with Gasteiger partial charge in [0.1, 0.15) is 0 Å². The van der Waals surface area contributed by atoms with Gasteiger partial charge in [-0.2, -0.15) is 4.31 Å². The zero-order valence-corrected chi connectivity index (χ0v) is 10.8. The molecular formula is C8H14N4O2S2. The third-order valence-corrected chi connectivity index (χ3v) is 5.74. The monoisotopic (exact) mass is 262 g/mol. The molecule has 0 spiro atoms. The van der Waals surface area contributed by atoms with Gasteiger partial charge in [-0.05, 0) is 18.3 Å². The molecule has 1 saturated carbocycles. The van der Waals surface area contributed by atoms with Gasteiger partial charge in [-0.3, -0.25) is 0 Å². The number of nitrogens with two attached hydrogens (primary N) is 1. The summed E-state index contributed by atoms with van der Waals surface area (Å²) < 4.78 is 25.3. The molecule has 8 heteroatoms. The summed E-state index contributed by atoms with van der Waals surface area (Å²) >= 11 is 0.897. The molecule has 1 aromatic heterocycles. The predicted octanol–water partition coefficient (Wildman–Crippen LogP) is 0.397. The second-order valence-electron chi connectivity index (χ2n) is 4.16. The largest absolute Gasteiger partial charge is 0.374 e. The third-order valence-electron chi connectivity index (χ3n) is 2.82. The number of nitrogen functional groups attached to an aromatic ring is 1. The van der Waals surface area contributed by atoms with Crippen LogP contribution in [0, 0.1) is 11.8 Å². The quantitative estimate of drug-likeness (QED) is 0.848. The smallest absolute Gasteiger partial charge is 0.272 e. The molecule has 1 heterocycles. The average Bonchev–Trinajstić information content (AvgIpc) is 2.72. The first-order chi connectivity index (χ1) is 7.41. The first-order valence-electron chi connectivity index (χ1n) is 4.96. The Bertz CT molecular complexity index is 484. The van der Waals surface area contributed by atoms with Gasteiger partial charge in [-0.25, -0.2) is 8.42 Å². The molecule has 1 aliphatic carbocycles. The molecule has 2 atom stereocenters. The Morgan fingerprint density at radius 1 is 1.56 bits per heavy atom. The number of rotatable bonds is 4. The van der Waals surface area contributed by atoms with E-state index in [4.69, 9.17) is 5.73 Å². The Kier molecular flexibility index (Phi) is 2.89. The van der Waals surface area contributed by atoms with Gasteiger partial charge in [0.2, 0.25) is 9.47 Å². The van der Waals surface area contributed by atoms with E-state index in [1.807, 2.05) is 0 Å². The number of nitrogens with zero attached hydrogens (tertiary/aromatic N) is 3. The lowest BCUT2D eigenvalue weighted by atomic mass is 10.3. The summed E-state index contributed by atoms with van der Waals surface area (Å²) in [6.07, 6.45) is 1.10. The first kappa shape index (κ1) is 11.7. The Labute approximate surface area is 98.5 Å². The van der Waals surface area contributed by atoms with Crippen molar-refractivity contribution in [2.75, 3.05) is 19.3 Å². The van der Waals surface area contributed by atoms with E-state index in [1.165, 1.54) is 4.31 Å². The van der Waals surface area contributed by atoms with Crippen LogP contribution in [0.25, 0.3) is 0 Å². The van der Waals surface area contributed by atoms with Gasteiger partial charge in [-0.15, -0.1) is 10.2 Å². The fourth-order valence-electron chi connectivity index (χ4n) is 1.54. The molecular weight excluding hydrogens is 248 g/mol. The van der Waals surface area contributed by atoms with E-state index < -0.39 is 10.0 Å². The lowest BCUT2D eigenvalue weighted by Crippen LogP contribution is -2.29. The highest BCUT2D eigenvalue weighted by atomic mass is 32.2. The molecule has 2 unspecified atom stereocenters. The van der Waals surface area contributed by atoms with Crippen LogP contribution in [0.2, 0.25) is 0 Å². The molecule has 0 amide bonds. The summed E-state index contributed by atoms with van der Waals surface area (Å²) in [4.78, 5) is 0. The van der Waals surface area contributed by atoms with Crippen LogP contribution in [0.5, 0.6) is 0 Å². The van der Waals surface area contributed by atoms with Crippen LogP contribution < -0.4 is 5.73 Å². The molecule has 2 rings (SSSR count). The zero-order chi connectivity index (χ0) is 11.9. The number of sulfonamides is 1. The highest BCUT2D eigenvalue weighted by Gasteiger charge is 2.37. The van der Waals surface area contributed by atoms with Gasteiger partial charge < -0.3 is 5.73 Å². The highest BCUT2D eigenvalue weighted by Crippen LogP contribution is 2.38. The molecule has 2 N–H and O–H groups in total. The van der Waals surface area contributed by atoms with E-state index in [0.29, 0.717) is 18.4 Å². The summed E-state index contributed by atoms with van der Waals surface area (Å²) in [6.45, 7) is 2.66. The lowest BCUT2D eigenvalue weighted by Gasteiger charge is -2.14. The second kappa shape index (κ2) is 3.94. The Morgan fingerprint density at radius 3 is 2.62 bits per heavy atom. The SMILES string of the molecule is CC1CC1CN(C)S(=O)(=O)c1nnc(N)s1. The molecule has 0 bridgehead atoms. The van der Waals surface area contributed by atoms with Crippen LogP contribution in [0.3, 0.4) is 0 Å². The second-order valence-corrected chi connectivity index (χ2v) is 7.39. The molecule has 0 aliphatic heterocycles. The van der Waals surface area contributed by atoms with Crippen LogP contribution in [0.4, 0.5) is 5.13 Å². The first-order valence-corrected chi connectivity index (χ1v) is 7.22. The van der Waals surface area contributed by atoms with Crippen molar-refractivity contribution in [3.05, 3.63) is 0 Å². The highest BCUT2D eigenvalue weighted by molar-refractivity contribution is 7.91. The van der Waals surface area contributed by atoms with Crippen molar-refractivity contribution >= 4 is 26.5 Å². The molecule has 1 aromatic rings. The van der Waals surface area contributed by atoms with E-state index in [0.717, 1.165) is 17.8 Å². The Balaban J connectivity index is 2.12. The van der Waals surface area contributed by atoms with Crippen molar-refractivity contribution in [3.63, 3.8) is 0 Å². The zero-order valence-electron chi connectivity index (χ0n) is 9.12. The summed E-state index contributed by atoms with van der Waals surface area (Å²) in [5, 5.41) is 7.26. The third kappa shape index (κ3) is 2.18. The normalized spacial score (nSPS) is 24.9. The number of hydrogen-bond acceptors (Lipinski definition) is 6. The topological polar surface area (TPSA) is 89.2 Å². The summed E-state index contributed by atoms with van der Waals surface area (Å²) in [6, 6.07) is 0. The minimum absolute atomic E-state index is 0.0270.